The Morgan fingerprint density at radius 3 is 2.74 bits per heavy atom. The molecular weight excluding hydrogens is 342 g/mol. The van der Waals surface area contributed by atoms with E-state index >= 15 is 0 Å². The maximum atomic E-state index is 12.7. The summed E-state index contributed by atoms with van der Waals surface area (Å²) in [6.45, 7) is 6.30. The normalized spacial score (nSPS) is 13.4. The van der Waals surface area contributed by atoms with Gasteiger partial charge in [0.25, 0.3) is 5.91 Å². The van der Waals surface area contributed by atoms with E-state index in [4.69, 9.17) is 9.47 Å². The molecule has 0 unspecified atom stereocenters. The molecule has 5 nitrogen and oxygen atoms in total. The number of hydrogen-bond donors (Lipinski definition) is 0. The first-order valence-electron chi connectivity index (χ1n) is 8.98. The number of ether oxygens (including phenoxy) is 2. The maximum Gasteiger partial charge on any atom is 0.251 e. The van der Waals surface area contributed by atoms with Crippen LogP contribution in [-0.2, 0) is 4.79 Å². The highest BCUT2D eigenvalue weighted by Gasteiger charge is 2.23. The smallest absolute Gasteiger partial charge is 0.251 e. The minimum Gasteiger partial charge on any atom is -0.491 e. The number of ketones is 1. The molecule has 2 aromatic carbocycles. The van der Waals surface area contributed by atoms with Crippen LogP contribution in [0.25, 0.3) is 6.08 Å². The van der Waals surface area contributed by atoms with Crippen LogP contribution in [0.2, 0.25) is 0 Å². The number of carbonyl (C=O) groups excluding carboxylic acids is 2. The van der Waals surface area contributed by atoms with Crippen molar-refractivity contribution in [1.29, 1.82) is 0 Å². The molecule has 5 heteroatoms. The topological polar surface area (TPSA) is 55.8 Å². The molecule has 0 spiro atoms. The zero-order valence-electron chi connectivity index (χ0n) is 15.8. The highest BCUT2D eigenvalue weighted by atomic mass is 16.5. The van der Waals surface area contributed by atoms with Crippen LogP contribution in [0.1, 0.15) is 36.7 Å². The summed E-state index contributed by atoms with van der Waals surface area (Å²) in [7, 11) is 0. The monoisotopic (exact) mass is 365 g/mol. The van der Waals surface area contributed by atoms with Crippen molar-refractivity contribution in [2.75, 3.05) is 18.1 Å². The van der Waals surface area contributed by atoms with Crippen molar-refractivity contribution >= 4 is 23.5 Å². The van der Waals surface area contributed by atoms with E-state index in [0.717, 1.165) is 11.3 Å². The highest BCUT2D eigenvalue weighted by Crippen LogP contribution is 2.33. The number of hydrogen-bond acceptors (Lipinski definition) is 4. The van der Waals surface area contributed by atoms with Gasteiger partial charge < -0.3 is 14.4 Å². The van der Waals surface area contributed by atoms with Gasteiger partial charge in [0.1, 0.15) is 18.1 Å². The van der Waals surface area contributed by atoms with Crippen LogP contribution in [-0.4, -0.2) is 30.9 Å². The molecule has 2 aromatic rings. The lowest BCUT2D eigenvalue weighted by Crippen LogP contribution is -2.37. The minimum absolute atomic E-state index is 0.0479. The number of amides is 1. The fourth-order valence-electron chi connectivity index (χ4n) is 2.89. The van der Waals surface area contributed by atoms with Crippen molar-refractivity contribution in [3.05, 3.63) is 59.7 Å². The Balaban J connectivity index is 1.80. The molecule has 0 saturated carbocycles. The van der Waals surface area contributed by atoms with Gasteiger partial charge in [-0.05, 0) is 62.7 Å². The molecule has 0 bridgehead atoms. The highest BCUT2D eigenvalue weighted by molar-refractivity contribution is 6.06. The van der Waals surface area contributed by atoms with Gasteiger partial charge in [-0.2, -0.15) is 0 Å². The Morgan fingerprint density at radius 1 is 1.19 bits per heavy atom. The number of carbonyl (C=O) groups is 2. The number of benzene rings is 2. The van der Waals surface area contributed by atoms with Gasteiger partial charge in [0.05, 0.1) is 18.3 Å². The van der Waals surface area contributed by atoms with Crippen LogP contribution in [0, 0.1) is 0 Å². The van der Waals surface area contributed by atoms with E-state index < -0.39 is 0 Å². The summed E-state index contributed by atoms with van der Waals surface area (Å²) in [4.78, 5) is 26.0. The first-order chi connectivity index (χ1) is 12.9. The summed E-state index contributed by atoms with van der Waals surface area (Å²) in [5.41, 5.74) is 2.06. The summed E-state index contributed by atoms with van der Waals surface area (Å²) in [5.74, 6) is 1.17. The maximum absolute atomic E-state index is 12.7. The van der Waals surface area contributed by atoms with Gasteiger partial charge in [-0.1, -0.05) is 12.1 Å². The lowest BCUT2D eigenvalue weighted by molar-refractivity contribution is -0.114. The number of rotatable bonds is 5. The largest absolute Gasteiger partial charge is 0.491 e. The summed E-state index contributed by atoms with van der Waals surface area (Å²) in [5, 5.41) is 0. The molecule has 0 aliphatic carbocycles. The van der Waals surface area contributed by atoms with E-state index in [2.05, 4.69) is 0 Å². The van der Waals surface area contributed by atoms with Crippen molar-refractivity contribution in [2.24, 2.45) is 0 Å². The van der Waals surface area contributed by atoms with Gasteiger partial charge in [0.2, 0.25) is 0 Å². The Kier molecular flexibility index (Phi) is 5.60. The zero-order chi connectivity index (χ0) is 19.4. The molecule has 1 heterocycles. The van der Waals surface area contributed by atoms with Crippen molar-refractivity contribution in [3.63, 3.8) is 0 Å². The fraction of sp³-hybridized carbons (Fsp3) is 0.273. The third-order valence-corrected chi connectivity index (χ3v) is 4.14. The molecular formula is C22H23NO4. The number of fused-ring (bicyclic) bond motifs is 1. The molecule has 0 atom stereocenters. The second-order valence-electron chi connectivity index (χ2n) is 6.65. The van der Waals surface area contributed by atoms with E-state index in [9.17, 15) is 9.59 Å². The SMILES string of the molecule is CC(=O)c1ccc2c(c1)N(C(=O)/C=C/c1cccc(OC(C)C)c1)CCO2. The Hall–Kier alpha value is -3.08. The van der Waals surface area contributed by atoms with E-state index in [1.165, 1.54) is 13.0 Å². The van der Waals surface area contributed by atoms with Crippen molar-refractivity contribution in [3.8, 4) is 11.5 Å². The average Bonchev–Trinajstić information content (AvgIpc) is 2.65. The van der Waals surface area contributed by atoms with Crippen molar-refractivity contribution in [2.45, 2.75) is 26.9 Å². The van der Waals surface area contributed by atoms with Crippen molar-refractivity contribution < 1.29 is 19.1 Å². The minimum atomic E-state index is -0.157. The number of anilines is 1. The summed E-state index contributed by atoms with van der Waals surface area (Å²) in [6.07, 6.45) is 3.38. The predicted molar refractivity (Wildman–Crippen MR) is 106 cm³/mol. The van der Waals surface area contributed by atoms with E-state index in [0.29, 0.717) is 30.2 Å². The standard InChI is InChI=1S/C22H23NO4/c1-15(2)27-19-6-4-5-17(13-19)7-10-22(25)23-11-12-26-21-9-8-18(16(3)24)14-20(21)23/h4-10,13-15H,11-12H2,1-3H3/b10-7+. The molecule has 1 amide bonds. The Bertz CT molecular complexity index is 886. The Labute approximate surface area is 159 Å². The third kappa shape index (κ3) is 4.56. The van der Waals surface area contributed by atoms with E-state index in [-0.39, 0.29) is 17.8 Å². The predicted octanol–water partition coefficient (Wildman–Crippen LogP) is 4.12. The number of nitrogens with zero attached hydrogens (tertiary/aromatic N) is 1. The summed E-state index contributed by atoms with van der Waals surface area (Å²) in [6, 6.07) is 12.8. The second-order valence-corrected chi connectivity index (χ2v) is 6.65. The van der Waals surface area contributed by atoms with E-state index in [1.807, 2.05) is 38.1 Å². The molecule has 0 N–H and O–H groups in total. The third-order valence-electron chi connectivity index (χ3n) is 4.14. The first-order valence-corrected chi connectivity index (χ1v) is 8.98. The molecule has 3 rings (SSSR count). The van der Waals surface area contributed by atoms with Gasteiger partial charge >= 0.3 is 0 Å². The first kappa shape index (κ1) is 18.7. The van der Waals surface area contributed by atoms with Gasteiger partial charge in [-0.25, -0.2) is 0 Å². The molecule has 0 saturated heterocycles. The quantitative estimate of drug-likeness (QED) is 0.591. The van der Waals surface area contributed by atoms with Crippen LogP contribution >= 0.6 is 0 Å². The molecule has 27 heavy (non-hydrogen) atoms. The van der Waals surface area contributed by atoms with Crippen LogP contribution < -0.4 is 14.4 Å². The molecule has 0 aromatic heterocycles. The zero-order valence-corrected chi connectivity index (χ0v) is 15.8. The Morgan fingerprint density at radius 2 is 2.00 bits per heavy atom. The lowest BCUT2D eigenvalue weighted by Gasteiger charge is -2.29. The molecule has 1 aliphatic rings. The van der Waals surface area contributed by atoms with Crippen LogP contribution in [0.5, 0.6) is 11.5 Å². The van der Waals surface area contributed by atoms with E-state index in [1.54, 1.807) is 29.2 Å². The fourth-order valence-corrected chi connectivity index (χ4v) is 2.89. The van der Waals surface area contributed by atoms with Gasteiger partial charge in [0, 0.05) is 11.6 Å². The molecule has 0 radical (unpaired) electrons. The van der Waals surface area contributed by atoms with Gasteiger partial charge in [-0.15, -0.1) is 0 Å². The van der Waals surface area contributed by atoms with Crippen molar-refractivity contribution in [1.82, 2.24) is 0 Å². The van der Waals surface area contributed by atoms with Crippen LogP contribution in [0.4, 0.5) is 5.69 Å². The van der Waals surface area contributed by atoms with Crippen LogP contribution in [0.3, 0.4) is 0 Å². The lowest BCUT2D eigenvalue weighted by atomic mass is 10.1. The summed E-state index contributed by atoms with van der Waals surface area (Å²) < 4.78 is 11.3. The average molecular weight is 365 g/mol. The van der Waals surface area contributed by atoms with Gasteiger partial charge in [0.15, 0.2) is 5.78 Å². The van der Waals surface area contributed by atoms with Crippen LogP contribution in [0.15, 0.2) is 48.5 Å². The molecule has 140 valence electrons. The number of Topliss-reactive ketones (excluding diaryl/α,β-unsaturated/α-hetero) is 1. The van der Waals surface area contributed by atoms with Gasteiger partial charge in [-0.3, -0.25) is 9.59 Å². The summed E-state index contributed by atoms with van der Waals surface area (Å²) >= 11 is 0. The second kappa shape index (κ2) is 8.08. The molecule has 0 fully saturated rings. The molecule has 1 aliphatic heterocycles.